The summed E-state index contributed by atoms with van der Waals surface area (Å²) in [6.45, 7) is 1.33. The number of halogens is 2. The van der Waals surface area contributed by atoms with Crippen molar-refractivity contribution in [3.8, 4) is 0 Å². The maximum absolute atomic E-state index is 11.8. The fraction of sp³-hybridized carbons (Fsp3) is 0.385. The molecule has 1 rings (SSSR count). The Hall–Kier alpha value is -1.11. The largest absolute Gasteiger partial charge is 0.354 e. The van der Waals surface area contributed by atoms with Gasteiger partial charge >= 0.3 is 0 Å². The molecular formula is C13H19BrClN3O2. The number of benzene rings is 1. The zero-order chi connectivity index (χ0) is 14.1. The first-order valence-electron chi connectivity index (χ1n) is 6.14. The maximum Gasteiger partial charge on any atom is 0.251 e. The Bertz CT molecular complexity index is 443. The molecule has 0 bridgehead atoms. The van der Waals surface area contributed by atoms with Gasteiger partial charge in [-0.2, -0.15) is 0 Å². The minimum atomic E-state index is -0.155. The number of carbonyl (C=O) groups excluding carboxylic acids is 2. The van der Waals surface area contributed by atoms with Crippen molar-refractivity contribution < 1.29 is 9.59 Å². The summed E-state index contributed by atoms with van der Waals surface area (Å²) in [5.74, 6) is -0.195. The normalized spacial score (nSPS) is 9.50. The van der Waals surface area contributed by atoms with E-state index < -0.39 is 0 Å². The minimum Gasteiger partial charge on any atom is -0.354 e. The van der Waals surface area contributed by atoms with Crippen molar-refractivity contribution in [2.75, 3.05) is 19.6 Å². The molecule has 0 aliphatic carbocycles. The van der Waals surface area contributed by atoms with Crippen molar-refractivity contribution >= 4 is 40.2 Å². The van der Waals surface area contributed by atoms with Gasteiger partial charge in [0, 0.05) is 29.5 Å². The third-order valence-electron chi connectivity index (χ3n) is 2.43. The number of rotatable bonds is 7. The fourth-order valence-electron chi connectivity index (χ4n) is 1.46. The van der Waals surface area contributed by atoms with Crippen molar-refractivity contribution in [3.05, 3.63) is 34.3 Å². The smallest absolute Gasteiger partial charge is 0.251 e. The SMILES string of the molecule is Cl.NCCCC(=O)NCCNC(=O)c1cccc(Br)c1. The van der Waals surface area contributed by atoms with Gasteiger partial charge in [0.25, 0.3) is 5.91 Å². The highest BCUT2D eigenvalue weighted by Crippen LogP contribution is 2.11. The summed E-state index contributed by atoms with van der Waals surface area (Å²) in [6, 6.07) is 7.14. The van der Waals surface area contributed by atoms with E-state index >= 15 is 0 Å². The molecule has 20 heavy (non-hydrogen) atoms. The first-order chi connectivity index (χ1) is 9.13. The molecule has 0 heterocycles. The molecule has 112 valence electrons. The number of carbonyl (C=O) groups is 2. The lowest BCUT2D eigenvalue weighted by Crippen LogP contribution is -2.34. The Kier molecular flexibility index (Phi) is 10.1. The molecule has 0 atom stereocenters. The second-order valence-electron chi connectivity index (χ2n) is 4.01. The fourth-order valence-corrected chi connectivity index (χ4v) is 1.86. The lowest BCUT2D eigenvalue weighted by molar-refractivity contribution is -0.121. The molecule has 7 heteroatoms. The van der Waals surface area contributed by atoms with Crippen molar-refractivity contribution in [2.24, 2.45) is 5.73 Å². The molecular weight excluding hydrogens is 346 g/mol. The number of hydrogen-bond donors (Lipinski definition) is 3. The van der Waals surface area contributed by atoms with Crippen LogP contribution in [0.5, 0.6) is 0 Å². The summed E-state index contributed by atoms with van der Waals surface area (Å²) in [5, 5.41) is 5.46. The van der Waals surface area contributed by atoms with E-state index in [0.717, 1.165) is 4.47 Å². The molecule has 2 amide bonds. The van der Waals surface area contributed by atoms with Crippen molar-refractivity contribution in [2.45, 2.75) is 12.8 Å². The summed E-state index contributed by atoms with van der Waals surface area (Å²) in [7, 11) is 0. The third kappa shape index (κ3) is 7.47. The molecule has 0 saturated heterocycles. The summed E-state index contributed by atoms with van der Waals surface area (Å²) in [6.07, 6.45) is 1.10. The molecule has 5 nitrogen and oxygen atoms in total. The van der Waals surface area contributed by atoms with Crippen LogP contribution in [0, 0.1) is 0 Å². The highest BCUT2D eigenvalue weighted by molar-refractivity contribution is 9.10. The second kappa shape index (κ2) is 10.7. The van der Waals surface area contributed by atoms with Crippen molar-refractivity contribution in [1.82, 2.24) is 10.6 Å². The van der Waals surface area contributed by atoms with E-state index in [4.69, 9.17) is 5.73 Å². The molecule has 0 unspecified atom stereocenters. The van der Waals surface area contributed by atoms with Gasteiger partial charge in [-0.1, -0.05) is 22.0 Å². The Morgan fingerprint density at radius 1 is 1.20 bits per heavy atom. The number of nitrogens with two attached hydrogens (primary N) is 1. The highest BCUT2D eigenvalue weighted by atomic mass is 79.9. The van der Waals surface area contributed by atoms with Gasteiger partial charge in [0.1, 0.15) is 0 Å². The Morgan fingerprint density at radius 3 is 2.55 bits per heavy atom. The average Bonchev–Trinajstić information content (AvgIpc) is 2.41. The predicted octanol–water partition coefficient (Wildman–Crippen LogP) is 1.46. The molecule has 0 saturated carbocycles. The lowest BCUT2D eigenvalue weighted by atomic mass is 10.2. The van der Waals surface area contributed by atoms with E-state index in [-0.39, 0.29) is 24.2 Å². The molecule has 1 aromatic carbocycles. The topological polar surface area (TPSA) is 84.2 Å². The molecule has 1 aromatic rings. The van der Waals surface area contributed by atoms with E-state index in [2.05, 4.69) is 26.6 Å². The van der Waals surface area contributed by atoms with Gasteiger partial charge in [-0.25, -0.2) is 0 Å². The van der Waals surface area contributed by atoms with E-state index in [1.807, 2.05) is 6.07 Å². The van der Waals surface area contributed by atoms with Crippen LogP contribution in [0.4, 0.5) is 0 Å². The molecule has 0 radical (unpaired) electrons. The van der Waals surface area contributed by atoms with Gasteiger partial charge in [-0.15, -0.1) is 12.4 Å². The van der Waals surface area contributed by atoms with Crippen LogP contribution in [-0.2, 0) is 4.79 Å². The Morgan fingerprint density at radius 2 is 1.90 bits per heavy atom. The zero-order valence-electron chi connectivity index (χ0n) is 11.0. The Labute approximate surface area is 133 Å². The second-order valence-corrected chi connectivity index (χ2v) is 4.92. The standard InChI is InChI=1S/C13H18BrN3O2.ClH/c14-11-4-1-3-10(9-11)13(19)17-8-7-16-12(18)5-2-6-15;/h1,3-4,9H,2,5-8,15H2,(H,16,18)(H,17,19);1H. The summed E-state index contributed by atoms with van der Waals surface area (Å²) >= 11 is 3.31. The quantitative estimate of drug-likeness (QED) is 0.640. The average molecular weight is 365 g/mol. The van der Waals surface area contributed by atoms with Gasteiger partial charge in [-0.05, 0) is 31.2 Å². The Balaban J connectivity index is 0.00000361. The van der Waals surface area contributed by atoms with Crippen LogP contribution in [0.2, 0.25) is 0 Å². The number of hydrogen-bond acceptors (Lipinski definition) is 3. The van der Waals surface area contributed by atoms with Crippen LogP contribution in [0.15, 0.2) is 28.7 Å². The lowest BCUT2D eigenvalue weighted by Gasteiger charge is -2.07. The van der Waals surface area contributed by atoms with Gasteiger partial charge in [0.15, 0.2) is 0 Å². The first kappa shape index (κ1) is 18.9. The van der Waals surface area contributed by atoms with Crippen LogP contribution in [0.3, 0.4) is 0 Å². The van der Waals surface area contributed by atoms with Crippen LogP contribution in [-0.4, -0.2) is 31.4 Å². The molecule has 0 aromatic heterocycles. The maximum atomic E-state index is 11.8. The summed E-state index contributed by atoms with van der Waals surface area (Å²) in [4.78, 5) is 23.0. The molecule has 0 aliphatic rings. The predicted molar refractivity (Wildman–Crippen MR) is 85.0 cm³/mol. The molecule has 0 spiro atoms. The van der Waals surface area contributed by atoms with Gasteiger partial charge in [-0.3, -0.25) is 9.59 Å². The van der Waals surface area contributed by atoms with Crippen molar-refractivity contribution in [3.63, 3.8) is 0 Å². The summed E-state index contributed by atoms with van der Waals surface area (Å²) in [5.41, 5.74) is 5.89. The van der Waals surface area contributed by atoms with Gasteiger partial charge in [0.05, 0.1) is 0 Å². The first-order valence-corrected chi connectivity index (χ1v) is 6.93. The minimum absolute atomic E-state index is 0. The number of nitrogens with one attached hydrogen (secondary N) is 2. The van der Waals surface area contributed by atoms with Crippen LogP contribution >= 0.6 is 28.3 Å². The third-order valence-corrected chi connectivity index (χ3v) is 2.92. The van der Waals surface area contributed by atoms with Crippen LogP contribution < -0.4 is 16.4 Å². The van der Waals surface area contributed by atoms with E-state index in [1.54, 1.807) is 18.2 Å². The monoisotopic (exact) mass is 363 g/mol. The van der Waals surface area contributed by atoms with E-state index in [9.17, 15) is 9.59 Å². The zero-order valence-corrected chi connectivity index (χ0v) is 13.4. The van der Waals surface area contributed by atoms with Crippen molar-refractivity contribution in [1.29, 1.82) is 0 Å². The van der Waals surface area contributed by atoms with E-state index in [1.165, 1.54) is 0 Å². The van der Waals surface area contributed by atoms with Gasteiger partial charge < -0.3 is 16.4 Å². The van der Waals surface area contributed by atoms with E-state index in [0.29, 0.717) is 38.0 Å². The summed E-state index contributed by atoms with van der Waals surface area (Å²) < 4.78 is 0.857. The van der Waals surface area contributed by atoms with Gasteiger partial charge in [0.2, 0.25) is 5.91 Å². The molecule has 0 aliphatic heterocycles. The van der Waals surface area contributed by atoms with Crippen LogP contribution in [0.25, 0.3) is 0 Å². The van der Waals surface area contributed by atoms with Crippen LogP contribution in [0.1, 0.15) is 23.2 Å². The molecule has 0 fully saturated rings. The number of amides is 2. The molecule has 4 N–H and O–H groups in total. The highest BCUT2D eigenvalue weighted by Gasteiger charge is 2.05.